The van der Waals surface area contributed by atoms with Gasteiger partial charge in [0.05, 0.1) is 0 Å². The summed E-state index contributed by atoms with van der Waals surface area (Å²) >= 11 is 0. The number of likely N-dealkylation sites (N-methyl/N-ethyl adjacent to an activating group) is 1. The monoisotopic (exact) mass is 143 g/mol. The summed E-state index contributed by atoms with van der Waals surface area (Å²) in [6, 6.07) is 0. The molecule has 0 spiro atoms. The molecule has 0 heterocycles. The topological polar surface area (TPSA) is 29.1 Å². The van der Waals surface area contributed by atoms with Crippen molar-refractivity contribution in [3.63, 3.8) is 0 Å². The number of hydrogen-bond donors (Lipinski definition) is 1. The lowest BCUT2D eigenvalue weighted by Crippen LogP contribution is -2.14. The maximum absolute atomic E-state index is 10.5. The molecule has 0 bridgehead atoms. The minimum absolute atomic E-state index is 0.111. The molecule has 0 rings (SSSR count). The first-order valence-corrected chi connectivity index (χ1v) is 3.09. The van der Waals surface area contributed by atoms with E-state index in [2.05, 4.69) is 21.1 Å². The van der Waals surface area contributed by atoms with Gasteiger partial charge in [-0.15, -0.1) is 9.24 Å². The molecule has 0 radical (unpaired) electrons. The Hall–Kier alpha value is -0.620. The summed E-state index contributed by atoms with van der Waals surface area (Å²) in [5.74, 6) is -0.111. The third-order valence-electron chi connectivity index (χ3n) is 0.780. The fraction of sp³-hybridized carbons (Fsp3) is 0.167. The van der Waals surface area contributed by atoms with Crippen molar-refractivity contribution in [1.29, 1.82) is 0 Å². The summed E-state index contributed by atoms with van der Waals surface area (Å²) < 4.78 is 0. The Morgan fingerprint density at radius 2 is 2.33 bits per heavy atom. The molecule has 0 saturated heterocycles. The zero-order valence-electron chi connectivity index (χ0n) is 5.35. The second-order valence-electron chi connectivity index (χ2n) is 1.46. The Morgan fingerprint density at radius 3 is 2.67 bits per heavy atom. The molecule has 3 heteroatoms. The van der Waals surface area contributed by atoms with Crippen molar-refractivity contribution in [3.8, 4) is 0 Å². The highest BCUT2D eigenvalue weighted by Gasteiger charge is 1.88. The summed E-state index contributed by atoms with van der Waals surface area (Å²) in [4.78, 5) is 10.5. The molecule has 1 amide bonds. The van der Waals surface area contributed by atoms with Gasteiger partial charge in [-0.05, 0) is 5.31 Å². The molecular formula is C6H10NOP. The molecule has 0 saturated carbocycles. The lowest BCUT2D eigenvalue weighted by atomic mass is 10.4. The van der Waals surface area contributed by atoms with Crippen molar-refractivity contribution in [2.75, 3.05) is 7.05 Å². The molecule has 0 aromatic carbocycles. The van der Waals surface area contributed by atoms with Gasteiger partial charge < -0.3 is 5.32 Å². The minimum atomic E-state index is -0.111. The van der Waals surface area contributed by atoms with E-state index in [1.165, 1.54) is 6.08 Å². The van der Waals surface area contributed by atoms with Crippen molar-refractivity contribution < 1.29 is 4.79 Å². The quantitative estimate of drug-likeness (QED) is 0.343. The fourth-order valence-electron chi connectivity index (χ4n) is 0.282. The molecule has 2 nitrogen and oxygen atoms in total. The summed E-state index contributed by atoms with van der Waals surface area (Å²) in [5.41, 5.74) is 0. The number of carbonyl (C=O) groups is 1. The smallest absolute Gasteiger partial charge is 0.244 e. The standard InChI is InChI=1S/C6H10NOP/c1-3-5(9)4-6(8)7-2/h3-4H,1,9H2,2H3,(H,7,8)/b5-4+. The van der Waals surface area contributed by atoms with E-state index in [9.17, 15) is 4.79 Å². The van der Waals surface area contributed by atoms with Crippen molar-refractivity contribution in [3.05, 3.63) is 24.0 Å². The summed E-state index contributed by atoms with van der Waals surface area (Å²) in [6.45, 7) is 3.48. The highest BCUT2D eigenvalue weighted by atomic mass is 31.0. The van der Waals surface area contributed by atoms with Crippen LogP contribution in [0.3, 0.4) is 0 Å². The van der Waals surface area contributed by atoms with Crippen molar-refractivity contribution in [2.45, 2.75) is 0 Å². The van der Waals surface area contributed by atoms with Gasteiger partial charge in [0.2, 0.25) is 5.91 Å². The van der Waals surface area contributed by atoms with Gasteiger partial charge in [0, 0.05) is 13.1 Å². The Balaban J connectivity index is 3.94. The van der Waals surface area contributed by atoms with E-state index in [1.54, 1.807) is 13.1 Å². The van der Waals surface area contributed by atoms with Crippen LogP contribution in [0.15, 0.2) is 24.0 Å². The number of allylic oxidation sites excluding steroid dienone is 2. The lowest BCUT2D eigenvalue weighted by molar-refractivity contribution is -0.116. The average molecular weight is 143 g/mol. The first kappa shape index (κ1) is 8.38. The molecule has 1 atom stereocenters. The van der Waals surface area contributed by atoms with Gasteiger partial charge in [-0.1, -0.05) is 12.7 Å². The van der Waals surface area contributed by atoms with E-state index < -0.39 is 0 Å². The molecule has 0 aliphatic carbocycles. The molecule has 1 N–H and O–H groups in total. The lowest BCUT2D eigenvalue weighted by Gasteiger charge is -1.90. The van der Waals surface area contributed by atoms with E-state index >= 15 is 0 Å². The van der Waals surface area contributed by atoms with Crippen LogP contribution < -0.4 is 5.32 Å². The Kier molecular flexibility index (Phi) is 3.98. The normalized spacial score (nSPS) is 10.7. The molecular weight excluding hydrogens is 133 g/mol. The number of rotatable bonds is 2. The second-order valence-corrected chi connectivity index (χ2v) is 2.13. The molecule has 0 fully saturated rings. The van der Waals surface area contributed by atoms with Crippen LogP contribution in [-0.4, -0.2) is 13.0 Å². The van der Waals surface area contributed by atoms with Crippen LogP contribution in [0.25, 0.3) is 0 Å². The largest absolute Gasteiger partial charge is 0.356 e. The van der Waals surface area contributed by atoms with Crippen LogP contribution in [0.2, 0.25) is 0 Å². The fourth-order valence-corrected chi connectivity index (χ4v) is 0.434. The van der Waals surface area contributed by atoms with E-state index in [0.717, 1.165) is 5.31 Å². The number of amides is 1. The van der Waals surface area contributed by atoms with E-state index in [-0.39, 0.29) is 5.91 Å². The van der Waals surface area contributed by atoms with Crippen LogP contribution in [0.1, 0.15) is 0 Å². The van der Waals surface area contributed by atoms with E-state index in [1.807, 2.05) is 0 Å². The molecule has 0 aromatic heterocycles. The van der Waals surface area contributed by atoms with Crippen LogP contribution in [0.5, 0.6) is 0 Å². The maximum atomic E-state index is 10.5. The second kappa shape index (κ2) is 4.28. The molecule has 9 heavy (non-hydrogen) atoms. The van der Waals surface area contributed by atoms with Crippen LogP contribution in [-0.2, 0) is 4.79 Å². The molecule has 0 aliphatic rings. The summed E-state index contributed by atoms with van der Waals surface area (Å²) in [5, 5.41) is 3.24. The van der Waals surface area contributed by atoms with Gasteiger partial charge >= 0.3 is 0 Å². The van der Waals surface area contributed by atoms with Crippen LogP contribution in [0, 0.1) is 0 Å². The van der Waals surface area contributed by atoms with Crippen LogP contribution >= 0.6 is 9.24 Å². The van der Waals surface area contributed by atoms with Gasteiger partial charge in [-0.3, -0.25) is 4.79 Å². The predicted molar refractivity (Wildman–Crippen MR) is 42.1 cm³/mol. The van der Waals surface area contributed by atoms with Gasteiger partial charge in [-0.25, -0.2) is 0 Å². The van der Waals surface area contributed by atoms with Gasteiger partial charge in [-0.2, -0.15) is 0 Å². The highest BCUT2D eigenvalue weighted by molar-refractivity contribution is 7.23. The highest BCUT2D eigenvalue weighted by Crippen LogP contribution is 2.03. The Bertz CT molecular complexity index is 151. The van der Waals surface area contributed by atoms with E-state index in [4.69, 9.17) is 0 Å². The SMILES string of the molecule is C=C/C(P)=C\C(=O)NC. The van der Waals surface area contributed by atoms with Crippen LogP contribution in [0.4, 0.5) is 0 Å². The third-order valence-corrected chi connectivity index (χ3v) is 1.18. The van der Waals surface area contributed by atoms with Crippen molar-refractivity contribution in [2.24, 2.45) is 0 Å². The Morgan fingerprint density at radius 1 is 1.78 bits per heavy atom. The predicted octanol–water partition coefficient (Wildman–Crippen LogP) is 0.677. The molecule has 1 unspecified atom stereocenters. The molecule has 0 aliphatic heterocycles. The van der Waals surface area contributed by atoms with E-state index in [0.29, 0.717) is 0 Å². The zero-order valence-corrected chi connectivity index (χ0v) is 6.50. The number of hydrogen-bond acceptors (Lipinski definition) is 1. The molecule has 0 aromatic rings. The number of carbonyl (C=O) groups excluding carboxylic acids is 1. The van der Waals surface area contributed by atoms with Gasteiger partial charge in [0.15, 0.2) is 0 Å². The summed E-state index contributed by atoms with van der Waals surface area (Å²) in [7, 11) is 3.97. The minimum Gasteiger partial charge on any atom is -0.356 e. The third kappa shape index (κ3) is 3.92. The Labute approximate surface area is 57.2 Å². The molecule has 50 valence electrons. The van der Waals surface area contributed by atoms with Gasteiger partial charge in [0.25, 0.3) is 0 Å². The van der Waals surface area contributed by atoms with Gasteiger partial charge in [0.1, 0.15) is 0 Å². The maximum Gasteiger partial charge on any atom is 0.244 e. The first-order chi connectivity index (χ1) is 4.20. The summed E-state index contributed by atoms with van der Waals surface area (Å²) in [6.07, 6.45) is 3.05. The number of nitrogens with one attached hydrogen (secondary N) is 1. The zero-order chi connectivity index (χ0) is 7.28. The van der Waals surface area contributed by atoms with Crippen molar-refractivity contribution in [1.82, 2.24) is 5.32 Å². The van der Waals surface area contributed by atoms with Crippen molar-refractivity contribution >= 4 is 15.1 Å². The average Bonchev–Trinajstić information content (AvgIpc) is 1.87. The first-order valence-electron chi connectivity index (χ1n) is 2.52.